The van der Waals surface area contributed by atoms with Gasteiger partial charge in [-0.3, -0.25) is 38.9 Å². The summed E-state index contributed by atoms with van der Waals surface area (Å²) in [6.07, 6.45) is 3.75. The van der Waals surface area contributed by atoms with Crippen molar-refractivity contribution >= 4 is 40.9 Å². The summed E-state index contributed by atoms with van der Waals surface area (Å²) < 4.78 is 1.44. The summed E-state index contributed by atoms with van der Waals surface area (Å²) in [4.78, 5) is 66.6. The monoisotopic (exact) mass is 654 g/mol. The zero-order chi connectivity index (χ0) is 34.6. The first-order valence-electron chi connectivity index (χ1n) is 16.0. The lowest BCUT2D eigenvalue weighted by Crippen LogP contribution is -2.54. The lowest BCUT2D eigenvalue weighted by Gasteiger charge is -2.38. The third-order valence-electron chi connectivity index (χ3n) is 9.48. The lowest BCUT2D eigenvalue weighted by molar-refractivity contribution is -0.136. The van der Waals surface area contributed by atoms with Gasteiger partial charge in [0.15, 0.2) is 5.69 Å². The summed E-state index contributed by atoms with van der Waals surface area (Å²) >= 11 is 0. The molecular formula is C36H30N8O5. The molecule has 4 aliphatic rings. The molecule has 2 N–H and O–H groups in total. The molecule has 0 spiro atoms. The number of carbonyl (C=O) groups excluding carboxylic acids is 5. The van der Waals surface area contributed by atoms with Crippen LogP contribution in [0.2, 0.25) is 0 Å². The fraction of sp³-hybridized carbons (Fsp3) is 0.333. The number of carbonyl (C=O) groups is 5. The Balaban J connectivity index is 1.02. The molecule has 244 valence electrons. The number of nitrogens with one attached hydrogen (secondary N) is 2. The maximum atomic E-state index is 13.5. The Labute approximate surface area is 281 Å². The van der Waals surface area contributed by atoms with Crippen LogP contribution in [0, 0.1) is 40.4 Å². The molecule has 3 aliphatic heterocycles. The van der Waals surface area contributed by atoms with Gasteiger partial charge < -0.3 is 10.2 Å². The molecule has 2 saturated heterocycles. The second kappa shape index (κ2) is 11.8. The number of hydrogen-bond donors (Lipinski definition) is 2. The Kier molecular flexibility index (Phi) is 7.53. The summed E-state index contributed by atoms with van der Waals surface area (Å²) in [7, 11) is 0. The Morgan fingerprint density at radius 3 is 2.43 bits per heavy atom. The summed E-state index contributed by atoms with van der Waals surface area (Å²) in [5.74, 6) is 3.98. The molecule has 1 atom stereocenters. The first kappa shape index (κ1) is 31.3. The van der Waals surface area contributed by atoms with Crippen molar-refractivity contribution in [1.82, 2.24) is 20.0 Å². The summed E-state index contributed by atoms with van der Waals surface area (Å²) in [6.45, 7) is 4.50. The fourth-order valence-corrected chi connectivity index (χ4v) is 6.31. The molecule has 0 radical (unpaired) electrons. The minimum Gasteiger partial charge on any atom is -0.369 e. The van der Waals surface area contributed by atoms with Gasteiger partial charge in [-0.05, 0) is 81.0 Å². The summed E-state index contributed by atoms with van der Waals surface area (Å²) in [5.41, 5.74) is 2.64. The number of aromatic nitrogens is 2. The molecule has 13 heteroatoms. The zero-order valence-corrected chi connectivity index (χ0v) is 26.7. The number of nitrogens with zero attached hydrogens (tertiary/aromatic N) is 6. The molecule has 1 saturated carbocycles. The van der Waals surface area contributed by atoms with Crippen LogP contribution in [0.15, 0.2) is 42.6 Å². The number of nitriles is 2. The van der Waals surface area contributed by atoms with E-state index in [0.29, 0.717) is 35.8 Å². The van der Waals surface area contributed by atoms with Gasteiger partial charge >= 0.3 is 0 Å². The summed E-state index contributed by atoms with van der Waals surface area (Å²) in [6, 6.07) is 13.4. The molecule has 1 unspecified atom stereocenters. The fourth-order valence-electron chi connectivity index (χ4n) is 6.31. The number of amides is 5. The van der Waals surface area contributed by atoms with Gasteiger partial charge in [0.05, 0.1) is 34.2 Å². The highest BCUT2D eigenvalue weighted by Gasteiger charge is 2.45. The highest BCUT2D eigenvalue weighted by atomic mass is 16.2. The number of anilines is 2. The lowest BCUT2D eigenvalue weighted by atomic mass is 9.98. The average Bonchev–Trinajstić information content (AvgIpc) is 3.78. The van der Waals surface area contributed by atoms with Crippen LogP contribution < -0.4 is 15.5 Å². The van der Waals surface area contributed by atoms with Crippen molar-refractivity contribution in [3.05, 3.63) is 76.1 Å². The molecule has 49 heavy (non-hydrogen) atoms. The molecule has 0 bridgehead atoms. The van der Waals surface area contributed by atoms with Crippen LogP contribution in [0.3, 0.4) is 0 Å². The van der Waals surface area contributed by atoms with Crippen molar-refractivity contribution in [1.29, 1.82) is 10.5 Å². The van der Waals surface area contributed by atoms with E-state index in [4.69, 9.17) is 0 Å². The van der Waals surface area contributed by atoms with E-state index in [1.807, 2.05) is 11.0 Å². The van der Waals surface area contributed by atoms with Crippen molar-refractivity contribution in [2.45, 2.75) is 57.0 Å². The molecule has 3 aromatic rings. The van der Waals surface area contributed by atoms with E-state index in [-0.39, 0.29) is 41.5 Å². The first-order valence-corrected chi connectivity index (χ1v) is 16.0. The topological polar surface area (TPSA) is 181 Å². The first-order chi connectivity index (χ1) is 23.5. The van der Waals surface area contributed by atoms with Gasteiger partial charge in [-0.15, -0.1) is 0 Å². The van der Waals surface area contributed by atoms with E-state index in [1.165, 1.54) is 4.68 Å². The van der Waals surface area contributed by atoms with Gasteiger partial charge in [-0.1, -0.05) is 11.8 Å². The van der Waals surface area contributed by atoms with Gasteiger partial charge in [-0.2, -0.15) is 15.6 Å². The zero-order valence-electron chi connectivity index (χ0n) is 26.7. The van der Waals surface area contributed by atoms with E-state index in [9.17, 15) is 34.5 Å². The van der Waals surface area contributed by atoms with Crippen LogP contribution in [0.4, 0.5) is 11.4 Å². The Morgan fingerprint density at radius 1 is 0.980 bits per heavy atom. The van der Waals surface area contributed by atoms with Gasteiger partial charge in [-0.25, -0.2) is 0 Å². The molecule has 1 aromatic heterocycles. The molecule has 1 aliphatic carbocycles. The van der Waals surface area contributed by atoms with Crippen LogP contribution >= 0.6 is 0 Å². The molecule has 7 rings (SSSR count). The average molecular weight is 655 g/mol. The predicted molar refractivity (Wildman–Crippen MR) is 174 cm³/mol. The second-order valence-corrected chi connectivity index (χ2v) is 13.2. The number of rotatable bonds is 6. The van der Waals surface area contributed by atoms with Crippen LogP contribution in [-0.4, -0.2) is 63.3 Å². The molecule has 2 aromatic carbocycles. The molecule has 5 amide bonds. The van der Waals surface area contributed by atoms with E-state index in [1.54, 1.807) is 50.4 Å². The normalized spacial score (nSPS) is 18.9. The van der Waals surface area contributed by atoms with Gasteiger partial charge in [0.25, 0.3) is 17.7 Å². The summed E-state index contributed by atoms with van der Waals surface area (Å²) in [5, 5.41) is 28.6. The quantitative estimate of drug-likeness (QED) is 0.298. The largest absolute Gasteiger partial charge is 0.369 e. The SMILES string of the molecule is CC(C)(C(=O)Nc1ccc(C#N)cc1C1CC1)n1cc(C#CC2CN(c3ccc4c(c3)C(=O)N(C3CCC(=O)NC3=O)C4=O)C2)c(C#N)n1. The Morgan fingerprint density at radius 2 is 1.73 bits per heavy atom. The number of fused-ring (bicyclic) bond motifs is 1. The van der Waals surface area contributed by atoms with Crippen molar-refractivity contribution in [2.75, 3.05) is 23.3 Å². The maximum absolute atomic E-state index is 13.5. The predicted octanol–water partition coefficient (Wildman–Crippen LogP) is 2.77. The van der Waals surface area contributed by atoms with Crippen LogP contribution in [0.5, 0.6) is 0 Å². The van der Waals surface area contributed by atoms with Crippen molar-refractivity contribution in [3.8, 4) is 24.0 Å². The van der Waals surface area contributed by atoms with Crippen LogP contribution in [-0.2, 0) is 19.9 Å². The number of piperidine rings is 1. The van der Waals surface area contributed by atoms with E-state index in [0.717, 1.165) is 29.0 Å². The van der Waals surface area contributed by atoms with E-state index in [2.05, 4.69) is 39.7 Å². The Hall–Kier alpha value is -6.26. The highest BCUT2D eigenvalue weighted by Crippen LogP contribution is 2.44. The van der Waals surface area contributed by atoms with Crippen molar-refractivity contribution < 1.29 is 24.0 Å². The molecular weight excluding hydrogens is 624 g/mol. The van der Waals surface area contributed by atoms with Gasteiger partial charge in [0.2, 0.25) is 11.8 Å². The van der Waals surface area contributed by atoms with Crippen molar-refractivity contribution in [2.24, 2.45) is 5.92 Å². The standard InChI is InChI=1S/C36H30N8O5/c1-36(2,35(49)39-28-10-4-20(15-37)13-26(28)22-6-7-22)43-19-23(29(16-38)41-43)5-3-21-17-42(18-21)24-8-9-25-27(14-24)34(48)44(33(25)47)30-11-12-31(45)40-32(30)46/h4,8-10,13-14,19,21-22,30H,6-7,11-12,17-18H2,1-2H3,(H,39,49)(H,40,45,46). The van der Waals surface area contributed by atoms with Crippen LogP contribution in [0.25, 0.3) is 0 Å². The van der Waals surface area contributed by atoms with Crippen molar-refractivity contribution in [3.63, 3.8) is 0 Å². The highest BCUT2D eigenvalue weighted by molar-refractivity contribution is 6.23. The number of hydrogen-bond acceptors (Lipinski definition) is 9. The number of imide groups is 2. The smallest absolute Gasteiger partial charge is 0.262 e. The Bertz CT molecular complexity index is 2130. The minimum atomic E-state index is -1.16. The van der Waals surface area contributed by atoms with E-state index >= 15 is 0 Å². The number of benzene rings is 2. The molecule has 3 fully saturated rings. The second-order valence-electron chi connectivity index (χ2n) is 13.2. The third-order valence-corrected chi connectivity index (χ3v) is 9.48. The van der Waals surface area contributed by atoms with Gasteiger partial charge in [0.1, 0.15) is 17.6 Å². The molecule has 13 nitrogen and oxygen atoms in total. The van der Waals surface area contributed by atoms with Gasteiger partial charge in [0, 0.05) is 37.1 Å². The van der Waals surface area contributed by atoms with E-state index < -0.39 is 35.2 Å². The minimum absolute atomic E-state index is 0.0472. The van der Waals surface area contributed by atoms with Crippen LogP contribution in [0.1, 0.15) is 88.5 Å². The maximum Gasteiger partial charge on any atom is 0.262 e. The third kappa shape index (κ3) is 5.57. The molecule has 4 heterocycles.